The Morgan fingerprint density at radius 1 is 1.31 bits per heavy atom. The van der Waals surface area contributed by atoms with Crippen molar-refractivity contribution in [1.82, 2.24) is 9.55 Å². The van der Waals surface area contributed by atoms with E-state index in [9.17, 15) is 9.59 Å². The zero-order chi connectivity index (χ0) is 20.6. The number of ether oxygens (including phenoxy) is 4. The van der Waals surface area contributed by atoms with Crippen molar-refractivity contribution < 1.29 is 28.9 Å². The molecule has 10 nitrogen and oxygen atoms in total. The van der Waals surface area contributed by atoms with E-state index in [4.69, 9.17) is 24.2 Å². The van der Waals surface area contributed by atoms with E-state index in [1.807, 2.05) is 5.48 Å². The minimum Gasteiger partial charge on any atom is -0.463 e. The summed E-state index contributed by atoms with van der Waals surface area (Å²) < 4.78 is 24.8. The van der Waals surface area contributed by atoms with E-state index in [-0.39, 0.29) is 24.3 Å². The second kappa shape index (κ2) is 8.02. The molecule has 0 spiro atoms. The van der Waals surface area contributed by atoms with Crippen LogP contribution in [0.4, 0.5) is 5.82 Å². The van der Waals surface area contributed by atoms with Crippen molar-refractivity contribution in [3.63, 3.8) is 0 Å². The van der Waals surface area contributed by atoms with Crippen LogP contribution in [0.2, 0.25) is 0 Å². The first-order valence-corrected chi connectivity index (χ1v) is 10.0. The highest BCUT2D eigenvalue weighted by Crippen LogP contribution is 2.42. The zero-order valence-corrected chi connectivity index (χ0v) is 16.6. The van der Waals surface area contributed by atoms with E-state index < -0.39 is 36.0 Å². The molecule has 2 saturated heterocycles. The maximum absolute atomic E-state index is 12.4. The van der Waals surface area contributed by atoms with Gasteiger partial charge in [0.2, 0.25) is 0 Å². The number of carbonyl (C=O) groups excluding carboxylic acids is 1. The zero-order valence-electron chi connectivity index (χ0n) is 16.6. The van der Waals surface area contributed by atoms with Crippen molar-refractivity contribution >= 4 is 11.8 Å². The molecule has 10 heteroatoms. The molecule has 2 N–H and O–H groups in total. The van der Waals surface area contributed by atoms with Gasteiger partial charge in [0.25, 0.3) is 0 Å². The van der Waals surface area contributed by atoms with Gasteiger partial charge in [-0.2, -0.15) is 4.98 Å². The SMILES string of the molecule is CC1(C)O[C@@H]2[C@H](O1)[C@@H](COC(=O)C1CCCCC1)O[C@H]2n1ccc(NO)nc1=O. The summed E-state index contributed by atoms with van der Waals surface area (Å²) in [5, 5.41) is 8.92. The molecule has 4 atom stereocenters. The lowest BCUT2D eigenvalue weighted by molar-refractivity contribution is -0.203. The van der Waals surface area contributed by atoms with Crippen molar-refractivity contribution in [3.05, 3.63) is 22.7 Å². The fourth-order valence-corrected chi connectivity index (χ4v) is 4.31. The van der Waals surface area contributed by atoms with Crippen molar-refractivity contribution in [2.45, 2.75) is 76.3 Å². The Bertz CT molecular complexity index is 805. The predicted molar refractivity (Wildman–Crippen MR) is 99.2 cm³/mol. The third-order valence-electron chi connectivity index (χ3n) is 5.67. The summed E-state index contributed by atoms with van der Waals surface area (Å²) in [5.74, 6) is -1.09. The molecule has 3 heterocycles. The molecule has 1 aliphatic carbocycles. The van der Waals surface area contributed by atoms with Crippen LogP contribution in [0.1, 0.15) is 52.2 Å². The van der Waals surface area contributed by atoms with Gasteiger partial charge >= 0.3 is 11.7 Å². The van der Waals surface area contributed by atoms with Gasteiger partial charge in [-0.1, -0.05) is 19.3 Å². The predicted octanol–water partition coefficient (Wildman–Crippen LogP) is 1.59. The Balaban J connectivity index is 1.49. The molecule has 160 valence electrons. The second-order valence-electron chi connectivity index (χ2n) is 8.21. The normalized spacial score (nSPS) is 31.4. The monoisotopic (exact) mass is 409 g/mol. The fraction of sp³-hybridized carbons (Fsp3) is 0.737. The van der Waals surface area contributed by atoms with Crippen LogP contribution in [0.15, 0.2) is 17.1 Å². The molecule has 1 aromatic heterocycles. The summed E-state index contributed by atoms with van der Waals surface area (Å²) in [6, 6.07) is 1.44. The van der Waals surface area contributed by atoms with Gasteiger partial charge in [0, 0.05) is 6.20 Å². The van der Waals surface area contributed by atoms with Gasteiger partial charge in [-0.15, -0.1) is 0 Å². The Labute approximate surface area is 168 Å². The van der Waals surface area contributed by atoms with Gasteiger partial charge in [0.15, 0.2) is 17.8 Å². The number of nitrogens with one attached hydrogen (secondary N) is 1. The van der Waals surface area contributed by atoms with E-state index >= 15 is 0 Å². The number of nitrogens with zero attached hydrogens (tertiary/aromatic N) is 2. The van der Waals surface area contributed by atoms with E-state index in [0.29, 0.717) is 0 Å². The molecule has 2 aliphatic heterocycles. The van der Waals surface area contributed by atoms with Crippen molar-refractivity contribution in [2.75, 3.05) is 12.1 Å². The molecule has 0 unspecified atom stereocenters. The standard InChI is InChI=1S/C19H27N3O7/c1-19(2)28-14-12(10-26-17(23)11-6-4-3-5-7-11)27-16(15(14)29-19)22-9-8-13(21-25)20-18(22)24/h8-9,11-12,14-16,25H,3-7,10H2,1-2H3,(H,20,21,24)/t12-,14-,15-,16-/m1/s1. The molecule has 29 heavy (non-hydrogen) atoms. The van der Waals surface area contributed by atoms with Crippen LogP contribution in [-0.2, 0) is 23.7 Å². The minimum absolute atomic E-state index is 0.0303. The fourth-order valence-electron chi connectivity index (χ4n) is 4.31. The van der Waals surface area contributed by atoms with Crippen LogP contribution >= 0.6 is 0 Å². The molecular formula is C19H27N3O7. The number of esters is 1. The number of rotatable bonds is 5. The van der Waals surface area contributed by atoms with Crippen molar-refractivity contribution in [1.29, 1.82) is 0 Å². The molecule has 3 fully saturated rings. The molecule has 0 bridgehead atoms. The minimum atomic E-state index is -0.855. The summed E-state index contributed by atoms with van der Waals surface area (Å²) in [7, 11) is 0. The van der Waals surface area contributed by atoms with Crippen LogP contribution < -0.4 is 11.2 Å². The smallest absolute Gasteiger partial charge is 0.351 e. The maximum Gasteiger partial charge on any atom is 0.351 e. The van der Waals surface area contributed by atoms with Crippen molar-refractivity contribution in [3.8, 4) is 0 Å². The average molecular weight is 409 g/mol. The van der Waals surface area contributed by atoms with Crippen LogP contribution in [-0.4, -0.2) is 51.4 Å². The molecule has 1 saturated carbocycles. The highest BCUT2D eigenvalue weighted by atomic mass is 16.8. The van der Waals surface area contributed by atoms with Crippen molar-refractivity contribution in [2.24, 2.45) is 5.92 Å². The number of hydrogen-bond donors (Lipinski definition) is 2. The summed E-state index contributed by atoms with van der Waals surface area (Å²) >= 11 is 0. The Hall–Kier alpha value is -2.01. The largest absolute Gasteiger partial charge is 0.463 e. The van der Waals surface area contributed by atoms with E-state index in [1.54, 1.807) is 13.8 Å². The summed E-state index contributed by atoms with van der Waals surface area (Å²) in [6.07, 6.45) is 4.03. The number of aromatic nitrogens is 2. The van der Waals surface area contributed by atoms with Gasteiger partial charge in [-0.3, -0.25) is 20.0 Å². The molecule has 0 aromatic carbocycles. The first-order chi connectivity index (χ1) is 13.9. The molecule has 0 amide bonds. The van der Waals surface area contributed by atoms with E-state index in [1.165, 1.54) is 16.8 Å². The van der Waals surface area contributed by atoms with Crippen LogP contribution in [0.25, 0.3) is 0 Å². The Kier molecular flexibility index (Phi) is 5.60. The van der Waals surface area contributed by atoms with Crippen LogP contribution in [0, 0.1) is 5.92 Å². The Morgan fingerprint density at radius 3 is 2.72 bits per heavy atom. The highest BCUT2D eigenvalue weighted by molar-refractivity contribution is 5.72. The van der Waals surface area contributed by atoms with Gasteiger partial charge in [0.05, 0.1) is 5.92 Å². The highest BCUT2D eigenvalue weighted by Gasteiger charge is 2.56. The van der Waals surface area contributed by atoms with Crippen LogP contribution in [0.5, 0.6) is 0 Å². The number of hydrogen-bond acceptors (Lipinski definition) is 9. The summed E-state index contributed by atoms with van der Waals surface area (Å²) in [4.78, 5) is 28.5. The number of anilines is 1. The lowest BCUT2D eigenvalue weighted by atomic mass is 9.89. The third kappa shape index (κ3) is 4.16. The molecular weight excluding hydrogens is 382 g/mol. The first-order valence-electron chi connectivity index (χ1n) is 10.0. The van der Waals surface area contributed by atoms with Gasteiger partial charge < -0.3 is 18.9 Å². The number of carbonyl (C=O) groups is 1. The maximum atomic E-state index is 12.4. The Morgan fingerprint density at radius 2 is 2.03 bits per heavy atom. The van der Waals surface area contributed by atoms with Gasteiger partial charge in [0.1, 0.15) is 24.9 Å². The van der Waals surface area contributed by atoms with E-state index in [0.717, 1.165) is 32.1 Å². The van der Waals surface area contributed by atoms with Crippen LogP contribution in [0.3, 0.4) is 0 Å². The van der Waals surface area contributed by atoms with Gasteiger partial charge in [-0.25, -0.2) is 4.79 Å². The lowest BCUT2D eigenvalue weighted by Crippen LogP contribution is -2.35. The summed E-state index contributed by atoms with van der Waals surface area (Å²) in [6.45, 7) is 3.60. The first kappa shape index (κ1) is 20.3. The molecule has 0 radical (unpaired) electrons. The molecule has 3 aliphatic rings. The average Bonchev–Trinajstić information content (AvgIpc) is 3.19. The van der Waals surface area contributed by atoms with E-state index in [2.05, 4.69) is 4.98 Å². The third-order valence-corrected chi connectivity index (χ3v) is 5.67. The summed E-state index contributed by atoms with van der Waals surface area (Å²) in [5.41, 5.74) is 1.23. The van der Waals surface area contributed by atoms with Gasteiger partial charge in [-0.05, 0) is 32.8 Å². The number of fused-ring (bicyclic) bond motifs is 1. The topological polar surface area (TPSA) is 121 Å². The lowest BCUT2D eigenvalue weighted by Gasteiger charge is -2.25. The molecule has 1 aromatic rings. The second-order valence-corrected chi connectivity index (χ2v) is 8.21. The molecule has 4 rings (SSSR count). The quantitative estimate of drug-likeness (QED) is 0.551.